The molecule has 0 aromatic rings. The molecule has 30 valence electrons. The summed E-state index contributed by atoms with van der Waals surface area (Å²) in [4.78, 5) is 9.24. The Bertz CT molecular complexity index is 46.8. The van der Waals surface area contributed by atoms with Crippen LogP contribution in [0.4, 0.5) is 0 Å². The van der Waals surface area contributed by atoms with E-state index in [1.807, 2.05) is 0 Å². The van der Waals surface area contributed by atoms with Crippen LogP contribution in [0, 0.1) is 5.75 Å². The van der Waals surface area contributed by atoms with Crippen molar-refractivity contribution < 1.29 is 39.5 Å². The van der Waals surface area contributed by atoms with Crippen LogP contribution in [0.1, 0.15) is 0 Å². The van der Waals surface area contributed by atoms with E-state index >= 15 is 0 Å². The van der Waals surface area contributed by atoms with Gasteiger partial charge in [0.1, 0.15) is 0 Å². The maximum atomic E-state index is 9.24. The van der Waals surface area contributed by atoms with Crippen LogP contribution < -0.4 is 29.6 Å². The summed E-state index contributed by atoms with van der Waals surface area (Å²) in [5.74, 6) is -0.228. The Hall–Kier alpha value is 0.690. The Morgan fingerprint density at radius 2 is 2.00 bits per heavy atom. The van der Waals surface area contributed by atoms with Crippen LogP contribution >= 0.6 is 12.6 Å². The normalized spacial score (nSPS) is 5.50. The predicted molar refractivity (Wildman–Crippen MR) is 20.9 cm³/mol. The molecule has 0 atom stereocenters. The standard InChI is InChI=1S/C2H3O2S.Na/c3-2(4)1-5;/h1,5H,(H,3,4);/q-1;+1. The zero-order chi connectivity index (χ0) is 4.28. The first-order valence-corrected chi connectivity index (χ1v) is 1.49. The Morgan fingerprint density at radius 1 is 1.83 bits per heavy atom. The monoisotopic (exact) mass is 114 g/mol. The van der Waals surface area contributed by atoms with E-state index in [1.54, 1.807) is 0 Å². The molecule has 0 radical (unpaired) electrons. The van der Waals surface area contributed by atoms with Crippen LogP contribution in [0.15, 0.2) is 0 Å². The summed E-state index contributed by atoms with van der Waals surface area (Å²) in [7, 11) is 0. The molecule has 0 saturated carbocycles. The molecule has 0 heterocycles. The number of carboxylic acids is 1. The molecule has 0 aromatic heterocycles. The van der Waals surface area contributed by atoms with E-state index in [9.17, 15) is 4.79 Å². The molecular weight excluding hydrogens is 111 g/mol. The van der Waals surface area contributed by atoms with Gasteiger partial charge in [-0.05, 0) is 0 Å². The number of hydrogen-bond acceptors (Lipinski definition) is 2. The van der Waals surface area contributed by atoms with Gasteiger partial charge in [-0.15, -0.1) is 0 Å². The number of carbonyl (C=O) groups is 1. The van der Waals surface area contributed by atoms with E-state index in [0.717, 1.165) is 5.75 Å². The van der Waals surface area contributed by atoms with Gasteiger partial charge < -0.3 is 17.7 Å². The van der Waals surface area contributed by atoms with E-state index in [4.69, 9.17) is 5.11 Å². The third-order valence-corrected chi connectivity index (χ3v) is 0.331. The maximum Gasteiger partial charge on any atom is 1.00 e. The first kappa shape index (κ1) is 9.85. The molecule has 0 unspecified atom stereocenters. The van der Waals surface area contributed by atoms with E-state index in [-0.39, 0.29) is 29.6 Å². The van der Waals surface area contributed by atoms with Gasteiger partial charge in [0.05, 0.1) is 0 Å². The minimum Gasteiger partial charge on any atom is -0.503 e. The van der Waals surface area contributed by atoms with Gasteiger partial charge in [-0.3, -0.25) is 4.79 Å². The molecule has 1 N–H and O–H groups in total. The van der Waals surface area contributed by atoms with Crippen LogP contribution in [0.25, 0.3) is 0 Å². The van der Waals surface area contributed by atoms with Crippen LogP contribution in [0.2, 0.25) is 0 Å². The molecule has 0 spiro atoms. The molecule has 0 rings (SSSR count). The number of hydrogen-bond donors (Lipinski definition) is 2. The number of carboxylic acid groups (broad SMARTS) is 1. The summed E-state index contributed by atoms with van der Waals surface area (Å²) in [6.45, 7) is 0. The molecule has 0 amide bonds. The van der Waals surface area contributed by atoms with Crippen molar-refractivity contribution in [2.75, 3.05) is 0 Å². The van der Waals surface area contributed by atoms with Gasteiger partial charge in [0.25, 0.3) is 0 Å². The minimum absolute atomic E-state index is 0. The number of thiol groups is 1. The molecular formula is C2H3NaO2S. The van der Waals surface area contributed by atoms with Crippen molar-refractivity contribution in [2.24, 2.45) is 0 Å². The SMILES string of the molecule is O=C(O)[CH-]S.[Na+]. The molecule has 4 heteroatoms. The van der Waals surface area contributed by atoms with Gasteiger partial charge in [-0.2, -0.15) is 0 Å². The topological polar surface area (TPSA) is 37.3 Å². The molecule has 0 aliphatic rings. The van der Waals surface area contributed by atoms with Crippen molar-refractivity contribution in [1.82, 2.24) is 0 Å². The Kier molecular flexibility index (Phi) is 9.34. The summed E-state index contributed by atoms with van der Waals surface area (Å²) < 4.78 is 0. The molecule has 2 nitrogen and oxygen atoms in total. The quantitative estimate of drug-likeness (QED) is 0.219. The summed E-state index contributed by atoms with van der Waals surface area (Å²) in [5, 5.41) is 7.59. The average Bonchev–Trinajstić information content (AvgIpc) is 1.38. The third-order valence-electron chi connectivity index (χ3n) is 0.110. The second-order valence-electron chi connectivity index (χ2n) is 0.467. The molecule has 0 bridgehead atoms. The van der Waals surface area contributed by atoms with Crippen molar-refractivity contribution in [1.29, 1.82) is 0 Å². The zero-order valence-corrected chi connectivity index (χ0v) is 6.27. The van der Waals surface area contributed by atoms with E-state index < -0.39 is 5.97 Å². The predicted octanol–water partition coefficient (Wildman–Crippen LogP) is -2.83. The summed E-state index contributed by atoms with van der Waals surface area (Å²) in [6.07, 6.45) is 0. The van der Waals surface area contributed by atoms with Crippen molar-refractivity contribution >= 4 is 18.6 Å². The van der Waals surface area contributed by atoms with Crippen molar-refractivity contribution in [3.05, 3.63) is 5.75 Å². The van der Waals surface area contributed by atoms with Crippen molar-refractivity contribution in [3.8, 4) is 0 Å². The fourth-order valence-electron chi connectivity index (χ4n) is 0. The summed E-state index contributed by atoms with van der Waals surface area (Å²) in [6, 6.07) is 0. The van der Waals surface area contributed by atoms with Gasteiger partial charge in [-0.1, -0.05) is 0 Å². The van der Waals surface area contributed by atoms with Gasteiger partial charge >= 0.3 is 29.6 Å². The zero-order valence-electron chi connectivity index (χ0n) is 3.38. The minimum atomic E-state index is -1.01. The molecule has 6 heavy (non-hydrogen) atoms. The summed E-state index contributed by atoms with van der Waals surface area (Å²) >= 11 is 3.29. The average molecular weight is 114 g/mol. The van der Waals surface area contributed by atoms with Crippen molar-refractivity contribution in [3.63, 3.8) is 0 Å². The Morgan fingerprint density at radius 3 is 2.00 bits per heavy atom. The second-order valence-corrected chi connectivity index (χ2v) is 0.726. The van der Waals surface area contributed by atoms with E-state index in [1.165, 1.54) is 0 Å². The van der Waals surface area contributed by atoms with Crippen LogP contribution in [0.3, 0.4) is 0 Å². The fourth-order valence-corrected chi connectivity index (χ4v) is 0. The van der Waals surface area contributed by atoms with Gasteiger partial charge in [0.15, 0.2) is 5.97 Å². The van der Waals surface area contributed by atoms with Crippen molar-refractivity contribution in [2.45, 2.75) is 0 Å². The van der Waals surface area contributed by atoms with Gasteiger partial charge in [0.2, 0.25) is 0 Å². The Labute approximate surface area is 63.6 Å². The first-order chi connectivity index (χ1) is 2.27. The molecule has 0 aliphatic carbocycles. The Balaban J connectivity index is 0. The number of rotatable bonds is 1. The molecule has 0 saturated heterocycles. The van der Waals surface area contributed by atoms with Crippen LogP contribution in [-0.4, -0.2) is 11.1 Å². The van der Waals surface area contributed by atoms with E-state index in [0.29, 0.717) is 0 Å². The first-order valence-electron chi connectivity index (χ1n) is 0.975. The van der Waals surface area contributed by atoms with Gasteiger partial charge in [-0.25, -0.2) is 5.75 Å². The molecule has 0 aliphatic heterocycles. The second kappa shape index (κ2) is 5.69. The fraction of sp³-hybridized carbons (Fsp3) is 0. The maximum absolute atomic E-state index is 9.24. The smallest absolute Gasteiger partial charge is 0.503 e. The molecule has 0 fully saturated rings. The van der Waals surface area contributed by atoms with Crippen LogP contribution in [0.5, 0.6) is 0 Å². The number of aliphatic carboxylic acids is 1. The van der Waals surface area contributed by atoms with Gasteiger partial charge in [0, 0.05) is 0 Å². The third kappa shape index (κ3) is 8.83. The van der Waals surface area contributed by atoms with E-state index in [2.05, 4.69) is 12.6 Å². The van der Waals surface area contributed by atoms with Crippen LogP contribution in [-0.2, 0) is 4.79 Å². The summed E-state index contributed by atoms with van der Waals surface area (Å²) in [5.41, 5.74) is 0. The largest absolute Gasteiger partial charge is 1.00 e. The molecule has 0 aromatic carbocycles.